The van der Waals surface area contributed by atoms with Crippen molar-refractivity contribution in [3.63, 3.8) is 0 Å². The summed E-state index contributed by atoms with van der Waals surface area (Å²) in [7, 11) is 1.74. The molecule has 2 amide bonds. The van der Waals surface area contributed by atoms with Gasteiger partial charge in [-0.2, -0.15) is 0 Å². The Balaban J connectivity index is 2.01. The molecule has 2 rings (SSSR count). The second-order valence-electron chi connectivity index (χ2n) is 6.06. The minimum absolute atomic E-state index is 0.0155. The molecule has 0 spiro atoms. The zero-order chi connectivity index (χ0) is 21.6. The number of hydroxylamine groups is 1. The second-order valence-corrected chi connectivity index (χ2v) is 8.00. The van der Waals surface area contributed by atoms with E-state index in [4.69, 9.17) is 9.57 Å². The molecule has 0 aliphatic rings. The van der Waals surface area contributed by atoms with Crippen LogP contribution in [0.15, 0.2) is 53.4 Å². The lowest BCUT2D eigenvalue weighted by molar-refractivity contribution is -0.116. The minimum atomic E-state index is -3.80. The highest BCUT2D eigenvalue weighted by molar-refractivity contribution is 7.89. The molecule has 0 bridgehead atoms. The van der Waals surface area contributed by atoms with Crippen LogP contribution in [0.3, 0.4) is 0 Å². The number of methoxy groups -OCH3 is 1. The van der Waals surface area contributed by atoms with Crippen molar-refractivity contribution in [2.75, 3.05) is 40.2 Å². The maximum Gasteiger partial charge on any atom is 0.264 e. The number of anilines is 1. The average molecular weight is 421 g/mol. The molecule has 9 nitrogen and oxygen atoms in total. The molecule has 2 aromatic rings. The SMILES string of the molecule is COc1ccc(NC(=O)CN(C)C(=O)c2ccc(S(=O)(=O)N(C)OC)cc2)cc1. The van der Waals surface area contributed by atoms with Crippen molar-refractivity contribution in [3.05, 3.63) is 54.1 Å². The first kappa shape index (κ1) is 22.3. The molecule has 2 aromatic carbocycles. The molecule has 10 heteroatoms. The van der Waals surface area contributed by atoms with Gasteiger partial charge in [0.1, 0.15) is 5.75 Å². The van der Waals surface area contributed by atoms with Crippen LogP contribution in [0, 0.1) is 0 Å². The van der Waals surface area contributed by atoms with Crippen LogP contribution in [0.25, 0.3) is 0 Å². The topological polar surface area (TPSA) is 105 Å². The number of benzene rings is 2. The lowest BCUT2D eigenvalue weighted by Gasteiger charge is -2.18. The van der Waals surface area contributed by atoms with E-state index in [2.05, 4.69) is 5.32 Å². The summed E-state index contributed by atoms with van der Waals surface area (Å²) in [6.45, 7) is -0.169. The normalized spacial score (nSPS) is 11.2. The van der Waals surface area contributed by atoms with Crippen molar-refractivity contribution < 1.29 is 27.6 Å². The summed E-state index contributed by atoms with van der Waals surface area (Å²) in [6, 6.07) is 12.2. The average Bonchev–Trinajstić information content (AvgIpc) is 2.73. The molecule has 0 heterocycles. The molecule has 0 aromatic heterocycles. The van der Waals surface area contributed by atoms with Crippen LogP contribution in [-0.2, 0) is 19.7 Å². The van der Waals surface area contributed by atoms with E-state index < -0.39 is 15.9 Å². The second kappa shape index (κ2) is 9.50. The number of rotatable bonds is 8. The number of nitrogens with one attached hydrogen (secondary N) is 1. The Morgan fingerprint density at radius 2 is 1.55 bits per heavy atom. The Morgan fingerprint density at radius 1 is 0.966 bits per heavy atom. The van der Waals surface area contributed by atoms with E-state index in [0.717, 1.165) is 4.47 Å². The van der Waals surface area contributed by atoms with Crippen LogP contribution in [0.4, 0.5) is 5.69 Å². The van der Waals surface area contributed by atoms with Crippen molar-refractivity contribution >= 4 is 27.5 Å². The van der Waals surface area contributed by atoms with Gasteiger partial charge in [0, 0.05) is 25.3 Å². The van der Waals surface area contributed by atoms with Gasteiger partial charge < -0.3 is 15.0 Å². The first-order chi connectivity index (χ1) is 13.7. The molecule has 29 heavy (non-hydrogen) atoms. The molecular formula is C19H23N3O6S. The van der Waals surface area contributed by atoms with Gasteiger partial charge in [0.2, 0.25) is 5.91 Å². The number of hydrogen-bond acceptors (Lipinski definition) is 6. The summed E-state index contributed by atoms with van der Waals surface area (Å²) >= 11 is 0. The summed E-state index contributed by atoms with van der Waals surface area (Å²) < 4.78 is 30.1. The number of sulfonamides is 1. The smallest absolute Gasteiger partial charge is 0.264 e. The highest BCUT2D eigenvalue weighted by Gasteiger charge is 2.22. The number of hydrogen-bond donors (Lipinski definition) is 1. The molecule has 0 fully saturated rings. The van der Waals surface area contributed by atoms with Gasteiger partial charge in [-0.1, -0.05) is 4.47 Å². The van der Waals surface area contributed by atoms with E-state index in [9.17, 15) is 18.0 Å². The molecule has 1 N–H and O–H groups in total. The van der Waals surface area contributed by atoms with Crippen molar-refractivity contribution in [2.45, 2.75) is 4.90 Å². The van der Waals surface area contributed by atoms with Crippen molar-refractivity contribution in [2.24, 2.45) is 0 Å². The van der Waals surface area contributed by atoms with Gasteiger partial charge in [0.25, 0.3) is 15.9 Å². The molecule has 0 radical (unpaired) electrons. The number of carbonyl (C=O) groups is 2. The maximum atomic E-state index is 12.5. The summed E-state index contributed by atoms with van der Waals surface area (Å²) in [4.78, 5) is 30.6. The highest BCUT2D eigenvalue weighted by Crippen LogP contribution is 2.17. The van der Waals surface area contributed by atoms with Crippen molar-refractivity contribution in [3.8, 4) is 5.75 Å². The predicted octanol–water partition coefficient (Wildman–Crippen LogP) is 1.59. The number of carbonyl (C=O) groups excluding carboxylic acids is 2. The van der Waals surface area contributed by atoms with E-state index in [1.165, 1.54) is 50.4 Å². The standard InChI is InChI=1S/C19H23N3O6S/c1-21(13-18(23)20-15-7-9-16(27-3)10-8-15)19(24)14-5-11-17(12-6-14)29(25,26)22(2)28-4/h5-12H,13H2,1-4H3,(H,20,23). The van der Waals surface area contributed by atoms with Gasteiger partial charge in [0.05, 0.1) is 25.7 Å². The summed E-state index contributed by atoms with van der Waals surface area (Å²) in [5.74, 6) is -0.122. The van der Waals surface area contributed by atoms with E-state index >= 15 is 0 Å². The molecule has 0 aliphatic heterocycles. The summed E-state index contributed by atoms with van der Waals surface area (Å²) in [6.07, 6.45) is 0. The zero-order valence-electron chi connectivity index (χ0n) is 16.6. The van der Waals surface area contributed by atoms with Gasteiger partial charge >= 0.3 is 0 Å². The Hall–Kier alpha value is -2.95. The van der Waals surface area contributed by atoms with Gasteiger partial charge in [0.15, 0.2) is 0 Å². The van der Waals surface area contributed by atoms with E-state index in [0.29, 0.717) is 11.4 Å². The third-order valence-electron chi connectivity index (χ3n) is 4.10. The first-order valence-corrected chi connectivity index (χ1v) is 9.95. The third kappa shape index (κ3) is 5.53. The van der Waals surface area contributed by atoms with Crippen LogP contribution in [0.1, 0.15) is 10.4 Å². The largest absolute Gasteiger partial charge is 0.497 e. The van der Waals surface area contributed by atoms with Crippen LogP contribution < -0.4 is 10.1 Å². The van der Waals surface area contributed by atoms with Crippen LogP contribution in [-0.4, -0.2) is 64.5 Å². The fourth-order valence-electron chi connectivity index (χ4n) is 2.40. The fraction of sp³-hybridized carbons (Fsp3) is 0.263. The Morgan fingerprint density at radius 3 is 2.07 bits per heavy atom. The van der Waals surface area contributed by atoms with Gasteiger partial charge in [-0.05, 0) is 48.5 Å². The number of nitrogens with zero attached hydrogens (tertiary/aromatic N) is 2. The number of likely N-dealkylation sites (N-methyl/N-ethyl adjacent to an activating group) is 1. The molecule has 0 saturated heterocycles. The number of amides is 2. The molecule has 0 aliphatic carbocycles. The van der Waals surface area contributed by atoms with E-state index in [1.807, 2.05) is 0 Å². The summed E-state index contributed by atoms with van der Waals surface area (Å²) in [5.41, 5.74) is 0.831. The zero-order valence-corrected chi connectivity index (χ0v) is 17.4. The van der Waals surface area contributed by atoms with Crippen molar-refractivity contribution in [1.29, 1.82) is 0 Å². The van der Waals surface area contributed by atoms with Crippen LogP contribution in [0.5, 0.6) is 5.75 Å². The third-order valence-corrected chi connectivity index (χ3v) is 5.79. The van der Waals surface area contributed by atoms with Crippen LogP contribution in [0.2, 0.25) is 0 Å². The molecule has 156 valence electrons. The molecule has 0 unspecified atom stereocenters. The Kier molecular flexibility index (Phi) is 7.32. The Labute approximate surface area is 169 Å². The van der Waals surface area contributed by atoms with Crippen molar-refractivity contribution in [1.82, 2.24) is 9.37 Å². The fourth-order valence-corrected chi connectivity index (χ4v) is 3.37. The monoisotopic (exact) mass is 421 g/mol. The van der Waals surface area contributed by atoms with Gasteiger partial charge in [-0.3, -0.25) is 14.4 Å². The van der Waals surface area contributed by atoms with Gasteiger partial charge in [-0.15, -0.1) is 0 Å². The quantitative estimate of drug-likeness (QED) is 0.649. The van der Waals surface area contributed by atoms with Gasteiger partial charge in [-0.25, -0.2) is 8.42 Å². The lowest BCUT2D eigenvalue weighted by atomic mass is 10.2. The van der Waals surface area contributed by atoms with Crippen LogP contribution >= 0.6 is 0 Å². The number of ether oxygens (including phenoxy) is 1. The Bertz CT molecular complexity index is 958. The summed E-state index contributed by atoms with van der Waals surface area (Å²) in [5, 5.41) is 2.69. The lowest BCUT2D eigenvalue weighted by Crippen LogP contribution is -2.35. The maximum absolute atomic E-state index is 12.5. The minimum Gasteiger partial charge on any atom is -0.497 e. The molecule has 0 saturated carbocycles. The van der Waals surface area contributed by atoms with E-state index in [1.54, 1.807) is 31.4 Å². The first-order valence-electron chi connectivity index (χ1n) is 8.51. The predicted molar refractivity (Wildman–Crippen MR) is 107 cm³/mol. The van der Waals surface area contributed by atoms with E-state index in [-0.39, 0.29) is 22.9 Å². The highest BCUT2D eigenvalue weighted by atomic mass is 32.2. The molecule has 0 atom stereocenters. The molecular weight excluding hydrogens is 398 g/mol.